The summed E-state index contributed by atoms with van der Waals surface area (Å²) in [6.45, 7) is 7.88. The van der Waals surface area contributed by atoms with Crippen LogP contribution in [0.4, 0.5) is 13.2 Å². The monoisotopic (exact) mass is 395 g/mol. The van der Waals surface area contributed by atoms with Gasteiger partial charge in [-0.15, -0.1) is 0 Å². The van der Waals surface area contributed by atoms with E-state index in [1.54, 1.807) is 10.6 Å². The second kappa shape index (κ2) is 6.72. The highest BCUT2D eigenvalue weighted by molar-refractivity contribution is 5.55. The average molecular weight is 395 g/mol. The summed E-state index contributed by atoms with van der Waals surface area (Å²) in [4.78, 5) is 18.8. The quantitative estimate of drug-likeness (QED) is 0.802. The maximum atomic E-state index is 13.1. The first-order chi connectivity index (χ1) is 13.1. The molecule has 28 heavy (non-hydrogen) atoms. The summed E-state index contributed by atoms with van der Waals surface area (Å²) >= 11 is 0. The van der Waals surface area contributed by atoms with Gasteiger partial charge < -0.3 is 9.47 Å². The molecule has 0 aromatic carbocycles. The summed E-state index contributed by atoms with van der Waals surface area (Å²) in [6, 6.07) is 3.16. The van der Waals surface area contributed by atoms with Crippen molar-refractivity contribution in [2.75, 3.05) is 19.6 Å². The third kappa shape index (κ3) is 3.47. The molecule has 152 valence electrons. The van der Waals surface area contributed by atoms with Crippen LogP contribution in [0.25, 0.3) is 11.4 Å². The predicted octanol–water partition coefficient (Wildman–Crippen LogP) is 2.74. The molecule has 1 fully saturated rings. The van der Waals surface area contributed by atoms with E-state index in [1.807, 2.05) is 0 Å². The third-order valence-electron chi connectivity index (χ3n) is 5.53. The van der Waals surface area contributed by atoms with Crippen LogP contribution in [-0.2, 0) is 19.8 Å². The predicted molar refractivity (Wildman–Crippen MR) is 97.8 cm³/mol. The largest absolute Gasteiger partial charge is 0.451 e. The summed E-state index contributed by atoms with van der Waals surface area (Å²) < 4.78 is 41.6. The molecule has 0 saturated carbocycles. The molecule has 4 rings (SSSR count). The molecule has 6 nitrogen and oxygen atoms in total. The molecular formula is C19H24F3N5O. The van der Waals surface area contributed by atoms with E-state index in [-0.39, 0.29) is 17.3 Å². The van der Waals surface area contributed by atoms with Crippen LogP contribution in [0.15, 0.2) is 16.9 Å². The Balaban J connectivity index is 1.71. The third-order valence-corrected chi connectivity index (χ3v) is 5.53. The van der Waals surface area contributed by atoms with Gasteiger partial charge in [0.05, 0.1) is 0 Å². The van der Waals surface area contributed by atoms with E-state index in [4.69, 9.17) is 0 Å². The lowest BCUT2D eigenvalue weighted by Crippen LogP contribution is -2.48. The molecule has 0 aliphatic carbocycles. The molecule has 0 N–H and O–H groups in total. The van der Waals surface area contributed by atoms with Crippen LogP contribution in [0.3, 0.4) is 0 Å². The number of nitrogens with zero attached hydrogens (tertiary/aromatic N) is 5. The Morgan fingerprint density at radius 2 is 1.96 bits per heavy atom. The van der Waals surface area contributed by atoms with Crippen LogP contribution in [0.5, 0.6) is 0 Å². The zero-order valence-electron chi connectivity index (χ0n) is 16.2. The van der Waals surface area contributed by atoms with Crippen LogP contribution < -0.4 is 5.56 Å². The van der Waals surface area contributed by atoms with Gasteiger partial charge in [0, 0.05) is 56.5 Å². The first kappa shape index (κ1) is 19.2. The smallest absolute Gasteiger partial charge is 0.312 e. The van der Waals surface area contributed by atoms with E-state index in [0.29, 0.717) is 28.6 Å². The van der Waals surface area contributed by atoms with Gasteiger partial charge in [0.25, 0.3) is 5.56 Å². The van der Waals surface area contributed by atoms with E-state index < -0.39 is 12.0 Å². The van der Waals surface area contributed by atoms with E-state index in [9.17, 15) is 18.0 Å². The van der Waals surface area contributed by atoms with Crippen molar-refractivity contribution in [3.05, 3.63) is 34.0 Å². The van der Waals surface area contributed by atoms with E-state index in [2.05, 4.69) is 28.8 Å². The van der Waals surface area contributed by atoms with Gasteiger partial charge in [-0.1, -0.05) is 13.8 Å². The molecule has 2 aromatic rings. The van der Waals surface area contributed by atoms with Gasteiger partial charge in [-0.3, -0.25) is 4.79 Å². The van der Waals surface area contributed by atoms with Gasteiger partial charge in [-0.05, 0) is 24.3 Å². The number of alkyl halides is 3. The number of hydrogen-bond acceptors (Lipinski definition) is 4. The summed E-state index contributed by atoms with van der Waals surface area (Å²) in [5.41, 5.74) is 1.04. The SMILES string of the molecule is CC(C)CN1C[C@@H]2C[C@H](C1)c1cc(-c3nc(C(F)(F)F)n(C)n3)cc(=O)n1C2. The van der Waals surface area contributed by atoms with Crippen molar-refractivity contribution in [2.24, 2.45) is 18.9 Å². The van der Waals surface area contributed by atoms with Gasteiger partial charge in [0.15, 0.2) is 5.82 Å². The maximum Gasteiger partial charge on any atom is 0.451 e. The van der Waals surface area contributed by atoms with Gasteiger partial charge in [0.2, 0.25) is 5.82 Å². The van der Waals surface area contributed by atoms with Crippen molar-refractivity contribution in [1.29, 1.82) is 0 Å². The number of rotatable bonds is 3. The van der Waals surface area contributed by atoms with Crippen molar-refractivity contribution in [1.82, 2.24) is 24.2 Å². The zero-order chi connectivity index (χ0) is 20.2. The highest BCUT2D eigenvalue weighted by atomic mass is 19.4. The highest BCUT2D eigenvalue weighted by Crippen LogP contribution is 2.37. The van der Waals surface area contributed by atoms with E-state index >= 15 is 0 Å². The van der Waals surface area contributed by atoms with Crippen LogP contribution in [0.1, 0.15) is 37.7 Å². The topological polar surface area (TPSA) is 56.0 Å². The van der Waals surface area contributed by atoms with Gasteiger partial charge >= 0.3 is 6.18 Å². The van der Waals surface area contributed by atoms with Crippen LogP contribution in [0.2, 0.25) is 0 Å². The first-order valence-electron chi connectivity index (χ1n) is 9.57. The Morgan fingerprint density at radius 3 is 2.61 bits per heavy atom. The molecule has 2 bridgehead atoms. The van der Waals surface area contributed by atoms with Crippen molar-refractivity contribution in [3.8, 4) is 11.4 Å². The first-order valence-corrected chi connectivity index (χ1v) is 9.57. The number of pyridine rings is 1. The minimum atomic E-state index is -4.59. The number of aromatic nitrogens is 4. The number of hydrogen-bond donors (Lipinski definition) is 0. The molecule has 4 heterocycles. The highest BCUT2D eigenvalue weighted by Gasteiger charge is 2.38. The number of fused-ring (bicyclic) bond motifs is 4. The number of likely N-dealkylation sites (tertiary alicyclic amines) is 1. The second-order valence-corrected chi connectivity index (χ2v) is 8.41. The molecular weight excluding hydrogens is 371 g/mol. The molecule has 0 spiro atoms. The van der Waals surface area contributed by atoms with Crippen molar-refractivity contribution in [2.45, 2.75) is 38.9 Å². The lowest BCUT2D eigenvalue weighted by atomic mass is 9.82. The standard InChI is InChI=1S/C19H24F3N5O/c1-11(2)7-26-8-12-4-14(10-26)15-5-13(6-16(28)27(15)9-12)17-23-18(19(20,21)22)25(3)24-17/h5-6,11-12,14H,4,7-10H2,1-3H3/t12-,14+/m0/s1. The lowest BCUT2D eigenvalue weighted by molar-refractivity contribution is -0.147. The number of piperidine rings is 1. The van der Waals surface area contributed by atoms with Gasteiger partial charge in [0.1, 0.15) is 0 Å². The second-order valence-electron chi connectivity index (χ2n) is 8.41. The molecule has 0 unspecified atom stereocenters. The summed E-state index contributed by atoms with van der Waals surface area (Å²) in [5.74, 6) is 0.0578. The fourth-order valence-corrected chi connectivity index (χ4v) is 4.61. The molecule has 1 saturated heterocycles. The van der Waals surface area contributed by atoms with Crippen LogP contribution >= 0.6 is 0 Å². The Morgan fingerprint density at radius 1 is 1.21 bits per heavy atom. The van der Waals surface area contributed by atoms with Crippen molar-refractivity contribution < 1.29 is 13.2 Å². The molecule has 2 atom stereocenters. The van der Waals surface area contributed by atoms with Crippen LogP contribution in [-0.4, -0.2) is 43.9 Å². The molecule has 0 radical (unpaired) electrons. The van der Waals surface area contributed by atoms with Crippen LogP contribution in [0, 0.1) is 11.8 Å². The maximum absolute atomic E-state index is 13.1. The number of halogens is 3. The fraction of sp³-hybridized carbons (Fsp3) is 0.632. The van der Waals surface area contributed by atoms with E-state index in [0.717, 1.165) is 31.7 Å². The average Bonchev–Trinajstić information content (AvgIpc) is 2.97. The summed E-state index contributed by atoms with van der Waals surface area (Å²) in [6.07, 6.45) is -3.59. The molecule has 0 amide bonds. The molecule has 2 aliphatic rings. The minimum absolute atomic E-state index is 0.0627. The zero-order valence-corrected chi connectivity index (χ0v) is 16.2. The van der Waals surface area contributed by atoms with Gasteiger partial charge in [-0.25, -0.2) is 9.67 Å². The Hall–Kier alpha value is -2.16. The fourth-order valence-electron chi connectivity index (χ4n) is 4.61. The van der Waals surface area contributed by atoms with Crippen molar-refractivity contribution in [3.63, 3.8) is 0 Å². The number of aryl methyl sites for hydroxylation is 1. The molecule has 2 aliphatic heterocycles. The summed E-state index contributed by atoms with van der Waals surface area (Å²) in [5, 5.41) is 3.90. The molecule has 2 aromatic heterocycles. The normalized spacial score (nSPS) is 22.5. The Kier molecular flexibility index (Phi) is 4.60. The van der Waals surface area contributed by atoms with E-state index in [1.165, 1.54) is 13.1 Å². The Labute approximate surface area is 161 Å². The van der Waals surface area contributed by atoms with Crippen molar-refractivity contribution >= 4 is 0 Å². The van der Waals surface area contributed by atoms with Gasteiger partial charge in [-0.2, -0.15) is 18.3 Å². The molecule has 9 heteroatoms. The lowest BCUT2D eigenvalue weighted by Gasteiger charge is -2.43. The minimum Gasteiger partial charge on any atom is -0.312 e. The Bertz CT molecular complexity index is 946. The summed E-state index contributed by atoms with van der Waals surface area (Å²) in [7, 11) is 1.21.